The lowest BCUT2D eigenvalue weighted by Crippen LogP contribution is -2.10. The van der Waals surface area contributed by atoms with Gasteiger partial charge in [0.1, 0.15) is 17.0 Å². The molecule has 25 heavy (non-hydrogen) atoms. The van der Waals surface area contributed by atoms with Gasteiger partial charge in [0.2, 0.25) is 0 Å². The topological polar surface area (TPSA) is 61.4 Å². The number of hydrogen-bond acceptors (Lipinski definition) is 4. The van der Waals surface area contributed by atoms with Gasteiger partial charge in [0, 0.05) is 19.4 Å². The van der Waals surface area contributed by atoms with Crippen LogP contribution in [0, 0.1) is 0 Å². The summed E-state index contributed by atoms with van der Waals surface area (Å²) in [5, 5.41) is 4.22. The molecule has 0 aliphatic carbocycles. The number of ether oxygens (including phenoxy) is 1. The molecule has 132 valence electrons. The van der Waals surface area contributed by atoms with Crippen molar-refractivity contribution in [1.29, 1.82) is 0 Å². The minimum atomic E-state index is -4.45. The van der Waals surface area contributed by atoms with E-state index in [0.717, 1.165) is 12.1 Å². The van der Waals surface area contributed by atoms with Crippen molar-refractivity contribution in [3.63, 3.8) is 0 Å². The summed E-state index contributed by atoms with van der Waals surface area (Å²) >= 11 is 3.30. The maximum atomic E-state index is 12.8. The molecule has 0 spiro atoms. The van der Waals surface area contributed by atoms with Crippen LogP contribution in [0.5, 0.6) is 0 Å². The van der Waals surface area contributed by atoms with Crippen LogP contribution in [0.2, 0.25) is 0 Å². The number of halogens is 4. The first-order chi connectivity index (χ1) is 11.7. The monoisotopic (exact) mass is 416 g/mol. The summed E-state index contributed by atoms with van der Waals surface area (Å²) in [6.07, 6.45) is -1.63. The molecule has 3 aromatic heterocycles. The molecule has 0 atom stereocenters. The molecule has 10 heteroatoms. The average Bonchev–Trinajstić information content (AvgIpc) is 3.06. The van der Waals surface area contributed by atoms with Crippen LogP contribution in [-0.4, -0.2) is 31.7 Å². The van der Waals surface area contributed by atoms with E-state index in [9.17, 15) is 18.0 Å². The number of aryl methyl sites for hydroxylation is 1. The van der Waals surface area contributed by atoms with Crippen LogP contribution in [0.1, 0.15) is 23.0 Å². The second-order valence-corrected chi connectivity index (χ2v) is 5.95. The number of pyridine rings is 1. The zero-order valence-electron chi connectivity index (χ0n) is 13.1. The normalized spacial score (nSPS) is 11.9. The Morgan fingerprint density at radius 3 is 2.76 bits per heavy atom. The van der Waals surface area contributed by atoms with Gasteiger partial charge in [0.15, 0.2) is 5.69 Å². The maximum Gasteiger partial charge on any atom is 0.416 e. The van der Waals surface area contributed by atoms with Crippen molar-refractivity contribution in [2.45, 2.75) is 13.1 Å². The zero-order valence-corrected chi connectivity index (χ0v) is 14.7. The fourth-order valence-electron chi connectivity index (χ4n) is 2.36. The fraction of sp³-hybridized carbons (Fsp3) is 0.267. The predicted molar refractivity (Wildman–Crippen MR) is 86.1 cm³/mol. The zero-order chi connectivity index (χ0) is 18.4. The fourth-order valence-corrected chi connectivity index (χ4v) is 3.06. The Balaban J connectivity index is 2.08. The number of rotatable bonds is 3. The SMILES string of the molecule is CCOC(=O)c1c(Br)c(-c2cn3ccc(C(F)(F)F)cc3n2)nn1C. The minimum Gasteiger partial charge on any atom is -0.461 e. The van der Waals surface area contributed by atoms with E-state index in [4.69, 9.17) is 4.74 Å². The van der Waals surface area contributed by atoms with Gasteiger partial charge in [0.25, 0.3) is 0 Å². The summed E-state index contributed by atoms with van der Waals surface area (Å²) in [7, 11) is 1.57. The first-order valence-electron chi connectivity index (χ1n) is 7.18. The van der Waals surface area contributed by atoms with Crippen molar-refractivity contribution in [2.24, 2.45) is 7.05 Å². The van der Waals surface area contributed by atoms with Gasteiger partial charge in [-0.05, 0) is 35.0 Å². The summed E-state index contributed by atoms with van der Waals surface area (Å²) in [4.78, 5) is 16.2. The van der Waals surface area contributed by atoms with Gasteiger partial charge >= 0.3 is 12.1 Å². The number of fused-ring (bicyclic) bond motifs is 1. The Morgan fingerprint density at radius 1 is 1.40 bits per heavy atom. The lowest BCUT2D eigenvalue weighted by molar-refractivity contribution is -0.137. The third-order valence-corrected chi connectivity index (χ3v) is 4.24. The van der Waals surface area contributed by atoms with Crippen molar-refractivity contribution >= 4 is 27.5 Å². The van der Waals surface area contributed by atoms with E-state index in [-0.39, 0.29) is 17.9 Å². The molecular weight excluding hydrogens is 405 g/mol. The van der Waals surface area contributed by atoms with Crippen LogP contribution < -0.4 is 0 Å². The van der Waals surface area contributed by atoms with Gasteiger partial charge in [0.05, 0.1) is 16.6 Å². The number of carbonyl (C=O) groups is 1. The maximum absolute atomic E-state index is 12.8. The standard InChI is InChI=1S/C15H12BrF3N4O2/c1-3-25-14(24)13-11(16)12(21-22(13)2)9-7-23-5-4-8(15(17,18)19)6-10(23)20-9/h4-7H,3H2,1-2H3. The third-order valence-electron chi connectivity index (χ3n) is 3.49. The molecule has 3 aromatic rings. The number of nitrogens with zero attached hydrogens (tertiary/aromatic N) is 4. The smallest absolute Gasteiger partial charge is 0.416 e. The van der Waals surface area contributed by atoms with Gasteiger partial charge in [-0.2, -0.15) is 18.3 Å². The second kappa shape index (κ2) is 6.17. The molecule has 0 bridgehead atoms. The Labute approximate surface area is 148 Å². The molecule has 3 heterocycles. The van der Waals surface area contributed by atoms with Gasteiger partial charge in [-0.1, -0.05) is 0 Å². The Kier molecular flexibility index (Phi) is 4.31. The van der Waals surface area contributed by atoms with E-state index >= 15 is 0 Å². The summed E-state index contributed by atoms with van der Waals surface area (Å²) in [5.74, 6) is -0.557. The molecule has 0 aromatic carbocycles. The molecule has 0 N–H and O–H groups in total. The van der Waals surface area contributed by atoms with E-state index in [1.54, 1.807) is 14.0 Å². The van der Waals surface area contributed by atoms with E-state index in [1.807, 2.05) is 0 Å². The quantitative estimate of drug-likeness (QED) is 0.610. The highest BCUT2D eigenvalue weighted by Crippen LogP contribution is 2.32. The number of imidazole rings is 1. The molecule has 0 saturated heterocycles. The summed E-state index contributed by atoms with van der Waals surface area (Å²) in [6, 6.07) is 1.92. The number of aromatic nitrogens is 4. The van der Waals surface area contributed by atoms with Gasteiger partial charge in [-0.3, -0.25) is 4.68 Å². The predicted octanol–water partition coefficient (Wildman–Crippen LogP) is 3.69. The van der Waals surface area contributed by atoms with Crippen LogP contribution in [0.15, 0.2) is 29.0 Å². The third kappa shape index (κ3) is 3.13. The number of esters is 1. The summed E-state index contributed by atoms with van der Waals surface area (Å²) in [6.45, 7) is 1.89. The van der Waals surface area contributed by atoms with E-state index < -0.39 is 17.7 Å². The molecular formula is C15H12BrF3N4O2. The van der Waals surface area contributed by atoms with Crippen LogP contribution in [0.3, 0.4) is 0 Å². The van der Waals surface area contributed by atoms with Gasteiger partial charge < -0.3 is 9.14 Å². The second-order valence-electron chi connectivity index (χ2n) is 5.16. The van der Waals surface area contributed by atoms with Crippen molar-refractivity contribution in [2.75, 3.05) is 6.61 Å². The van der Waals surface area contributed by atoms with Crippen molar-refractivity contribution in [1.82, 2.24) is 19.2 Å². The molecule has 0 aliphatic rings. The van der Waals surface area contributed by atoms with Crippen LogP contribution in [-0.2, 0) is 18.0 Å². The highest BCUT2D eigenvalue weighted by atomic mass is 79.9. The molecule has 0 radical (unpaired) electrons. The van der Waals surface area contributed by atoms with Crippen LogP contribution in [0.4, 0.5) is 13.2 Å². The molecule has 0 aliphatic heterocycles. The largest absolute Gasteiger partial charge is 0.461 e. The Hall–Kier alpha value is -2.36. The van der Waals surface area contributed by atoms with Crippen LogP contribution in [0.25, 0.3) is 17.0 Å². The number of carbonyl (C=O) groups excluding carboxylic acids is 1. The molecule has 0 amide bonds. The first-order valence-corrected chi connectivity index (χ1v) is 7.97. The Morgan fingerprint density at radius 2 is 2.12 bits per heavy atom. The minimum absolute atomic E-state index is 0.125. The summed E-state index contributed by atoms with van der Waals surface area (Å²) in [5.41, 5.74) is 0.203. The molecule has 6 nitrogen and oxygen atoms in total. The Bertz CT molecular complexity index is 962. The highest BCUT2D eigenvalue weighted by molar-refractivity contribution is 9.10. The molecule has 0 saturated carbocycles. The summed E-state index contributed by atoms with van der Waals surface area (Å²) < 4.78 is 46.6. The van der Waals surface area contributed by atoms with E-state index in [2.05, 4.69) is 26.0 Å². The highest BCUT2D eigenvalue weighted by Gasteiger charge is 2.31. The lowest BCUT2D eigenvalue weighted by atomic mass is 10.2. The molecule has 0 fully saturated rings. The van der Waals surface area contributed by atoms with Crippen molar-refractivity contribution in [3.8, 4) is 11.4 Å². The molecule has 3 rings (SSSR count). The molecule has 0 unspecified atom stereocenters. The van der Waals surface area contributed by atoms with Gasteiger partial charge in [-0.25, -0.2) is 9.78 Å². The van der Waals surface area contributed by atoms with Crippen molar-refractivity contribution < 1.29 is 22.7 Å². The average molecular weight is 417 g/mol. The van der Waals surface area contributed by atoms with Gasteiger partial charge in [-0.15, -0.1) is 0 Å². The van der Waals surface area contributed by atoms with E-state index in [0.29, 0.717) is 15.9 Å². The number of hydrogen-bond donors (Lipinski definition) is 0. The van der Waals surface area contributed by atoms with Crippen molar-refractivity contribution in [3.05, 3.63) is 40.3 Å². The number of alkyl halides is 3. The van der Waals surface area contributed by atoms with E-state index in [1.165, 1.54) is 21.5 Å². The van der Waals surface area contributed by atoms with Crippen LogP contribution >= 0.6 is 15.9 Å². The lowest BCUT2D eigenvalue weighted by Gasteiger charge is -2.05. The first kappa shape index (κ1) is 17.5.